The minimum atomic E-state index is -1.57. The number of esters is 1. The number of pyridine rings is 2. The second-order valence-corrected chi connectivity index (χ2v) is 20.9. The van der Waals surface area contributed by atoms with Crippen molar-refractivity contribution in [3.63, 3.8) is 0 Å². The summed E-state index contributed by atoms with van der Waals surface area (Å²) in [6.07, 6.45) is 11.7. The molecule has 5 atom stereocenters. The molecule has 3 fully saturated rings. The Kier molecular flexibility index (Phi) is 15.2. The summed E-state index contributed by atoms with van der Waals surface area (Å²) in [6, 6.07) is 1.43. The van der Waals surface area contributed by atoms with Crippen molar-refractivity contribution >= 4 is 46.4 Å². The average molecular weight is 1030 g/mol. The van der Waals surface area contributed by atoms with E-state index >= 15 is 9.18 Å². The normalized spacial score (nSPS) is 25.7. The van der Waals surface area contributed by atoms with Crippen molar-refractivity contribution in [2.75, 3.05) is 37.6 Å². The first-order valence-corrected chi connectivity index (χ1v) is 25.9. The molecule has 75 heavy (non-hydrogen) atoms. The number of aromatic nitrogens is 1. The summed E-state index contributed by atoms with van der Waals surface area (Å²) in [5, 5.41) is 38.6. The third-order valence-electron chi connectivity index (χ3n) is 15.4. The standard InChI is InChI=1S/C56H64FN5O13/c1-28-9-8-10-29(2)53(69)59-44-47(50(67)41-42(49(44)66)48(65)31(4)52-43(41)51(68)56(75-52)73-22-7-6-11-37(74-32(5)63)23-36(64)15-12-28)60-20-17-35(18-21-60)58-25-33-16-19-61(26-33)46-30(3)45-38(34-13-14-34)24-39(55(71)72)54(70)62(45)27-40(46)57/h7-10,22,24,27-28,33-37,56,58,64-65H,6,11-21,23,25-26H2,1-5H3,(H,59,69)(H,71,72)/b9-8+,22-7+,29-10-. The number of ketones is 3. The van der Waals surface area contributed by atoms with E-state index in [0.717, 1.165) is 35.4 Å². The van der Waals surface area contributed by atoms with Crippen molar-refractivity contribution in [1.29, 1.82) is 0 Å². The fraction of sp³-hybridized carbons (Fsp3) is 0.482. The number of carboxylic acids is 1. The van der Waals surface area contributed by atoms with Gasteiger partial charge in [0.2, 0.25) is 17.3 Å². The lowest BCUT2D eigenvalue weighted by molar-refractivity contribution is -0.148. The van der Waals surface area contributed by atoms with E-state index in [1.54, 1.807) is 37.0 Å². The molecule has 1 saturated carbocycles. The summed E-state index contributed by atoms with van der Waals surface area (Å²) in [5.41, 5.74) is -0.103. The van der Waals surface area contributed by atoms with E-state index in [1.807, 2.05) is 17.9 Å². The molecule has 5 unspecified atom stereocenters. The second-order valence-electron chi connectivity index (χ2n) is 20.9. The number of fused-ring (bicyclic) bond motifs is 15. The van der Waals surface area contributed by atoms with Gasteiger partial charge in [-0.05, 0) is 126 Å². The number of likely N-dealkylation sites (tertiary alicyclic amines) is 1. The monoisotopic (exact) mass is 1030 g/mol. The zero-order valence-corrected chi connectivity index (χ0v) is 42.8. The molecular weight excluding hydrogens is 970 g/mol. The molecule has 5 aliphatic heterocycles. The molecule has 2 aliphatic carbocycles. The molecule has 5 N–H and O–H groups in total. The topological polar surface area (TPSA) is 243 Å². The quantitative estimate of drug-likeness (QED) is 0.152. The number of hydrogen-bond acceptors (Lipinski definition) is 15. The molecule has 398 valence electrons. The number of rotatable bonds is 8. The molecule has 2 aromatic heterocycles. The molecular formula is C56H64FN5O13. The van der Waals surface area contributed by atoms with Crippen LogP contribution in [0.2, 0.25) is 0 Å². The largest absolute Gasteiger partial charge is 0.507 e. The van der Waals surface area contributed by atoms with E-state index in [1.165, 1.54) is 26.2 Å². The molecule has 10 rings (SSSR count). The number of Topliss-reactive ketones (excluding diaryl/α,β-unsaturated/α-hetero) is 3. The fourth-order valence-electron chi connectivity index (χ4n) is 11.2. The summed E-state index contributed by atoms with van der Waals surface area (Å²) < 4.78 is 34.3. The SMILES string of the molecule is CC(=O)OC1CC/C=C/OC2Oc3c(C)c(O)c4c(c3C2=O)C(=O)C(N2CCC(NCC3CCN(c5c(F)cn6c(=O)c(C(=O)O)cc(C7CC7)c6c5C)C3)CC2)=C(NC(=O)/C(C)=C\C=C\C(C)CCC(O)C1)C4=O. The van der Waals surface area contributed by atoms with E-state index in [-0.39, 0.29) is 88.3 Å². The van der Waals surface area contributed by atoms with Crippen LogP contribution in [0, 0.1) is 31.5 Å². The van der Waals surface area contributed by atoms with Gasteiger partial charge in [-0.25, -0.2) is 9.18 Å². The molecule has 1 amide bonds. The van der Waals surface area contributed by atoms with E-state index in [4.69, 9.17) is 14.2 Å². The van der Waals surface area contributed by atoms with Crippen LogP contribution in [0.3, 0.4) is 0 Å². The number of aromatic carboxylic acids is 1. The number of benzene rings is 1. The first-order chi connectivity index (χ1) is 35.8. The highest BCUT2D eigenvalue weighted by Gasteiger charge is 2.48. The lowest BCUT2D eigenvalue weighted by atomic mass is 9.82. The number of nitrogens with zero attached hydrogens (tertiary/aromatic N) is 3. The van der Waals surface area contributed by atoms with Crippen molar-refractivity contribution in [1.82, 2.24) is 19.9 Å². The van der Waals surface area contributed by atoms with Crippen LogP contribution in [0.15, 0.2) is 64.6 Å². The maximum Gasteiger partial charge on any atom is 0.341 e. The van der Waals surface area contributed by atoms with Gasteiger partial charge in [-0.15, -0.1) is 0 Å². The Morgan fingerprint density at radius 3 is 2.36 bits per heavy atom. The summed E-state index contributed by atoms with van der Waals surface area (Å²) in [6.45, 7) is 10.3. The van der Waals surface area contributed by atoms with Crippen LogP contribution >= 0.6 is 0 Å². The number of allylic oxidation sites excluding steroid dienone is 6. The number of aromatic hydroxyl groups is 1. The van der Waals surface area contributed by atoms with Gasteiger partial charge in [-0.2, -0.15) is 0 Å². The predicted octanol–water partition coefficient (Wildman–Crippen LogP) is 6.45. The van der Waals surface area contributed by atoms with E-state index in [9.17, 15) is 44.1 Å². The number of aliphatic hydroxyl groups excluding tert-OH is 1. The van der Waals surface area contributed by atoms with Crippen molar-refractivity contribution in [3.8, 4) is 11.5 Å². The lowest BCUT2D eigenvalue weighted by Crippen LogP contribution is -2.47. The first kappa shape index (κ1) is 52.7. The first-order valence-electron chi connectivity index (χ1n) is 25.9. The third-order valence-corrected chi connectivity index (χ3v) is 15.4. The fourth-order valence-corrected chi connectivity index (χ4v) is 11.2. The van der Waals surface area contributed by atoms with Crippen LogP contribution in [0.5, 0.6) is 11.5 Å². The number of carbonyl (C=O) groups is 6. The van der Waals surface area contributed by atoms with Gasteiger partial charge in [0.1, 0.15) is 34.6 Å². The van der Waals surface area contributed by atoms with E-state index < -0.39 is 76.4 Å². The molecule has 1 aromatic carbocycles. The molecule has 7 aliphatic rings. The van der Waals surface area contributed by atoms with E-state index in [2.05, 4.69) is 10.6 Å². The summed E-state index contributed by atoms with van der Waals surface area (Å²) >= 11 is 0. The number of phenols is 1. The number of phenolic OH excluding ortho intramolecular Hbond substituents is 1. The highest BCUT2D eigenvalue weighted by atomic mass is 19.1. The van der Waals surface area contributed by atoms with Gasteiger partial charge in [-0.1, -0.05) is 25.2 Å². The molecule has 3 aromatic rings. The van der Waals surface area contributed by atoms with Crippen molar-refractivity contribution < 1.29 is 62.7 Å². The molecule has 7 heterocycles. The number of ether oxygens (including phenoxy) is 3. The van der Waals surface area contributed by atoms with Crippen LogP contribution in [-0.4, -0.2) is 117 Å². The number of aliphatic hydroxyl groups is 1. The maximum absolute atomic E-state index is 16.0. The van der Waals surface area contributed by atoms with Crippen LogP contribution < -0.4 is 25.8 Å². The lowest BCUT2D eigenvalue weighted by Gasteiger charge is -2.37. The van der Waals surface area contributed by atoms with Gasteiger partial charge < -0.3 is 50.0 Å². The predicted molar refractivity (Wildman–Crippen MR) is 273 cm³/mol. The number of carboxylic acid groups (broad SMARTS) is 1. The number of carbonyl (C=O) groups excluding carboxylic acids is 5. The molecule has 18 nitrogen and oxygen atoms in total. The Morgan fingerprint density at radius 2 is 1.65 bits per heavy atom. The summed E-state index contributed by atoms with van der Waals surface area (Å²) in [4.78, 5) is 98.8. The van der Waals surface area contributed by atoms with Crippen LogP contribution in [0.1, 0.15) is 149 Å². The third kappa shape index (κ3) is 10.6. The van der Waals surface area contributed by atoms with Crippen molar-refractivity contribution in [3.05, 3.63) is 115 Å². The highest BCUT2D eigenvalue weighted by Crippen LogP contribution is 2.47. The van der Waals surface area contributed by atoms with E-state index in [0.29, 0.717) is 74.9 Å². The summed E-state index contributed by atoms with van der Waals surface area (Å²) in [7, 11) is 0. The van der Waals surface area contributed by atoms with Gasteiger partial charge in [-0.3, -0.25) is 33.2 Å². The molecule has 0 spiro atoms. The van der Waals surface area contributed by atoms with Crippen molar-refractivity contribution in [2.45, 2.75) is 129 Å². The highest BCUT2D eigenvalue weighted by molar-refractivity contribution is 6.32. The number of anilines is 1. The Bertz CT molecular complexity index is 3070. The van der Waals surface area contributed by atoms with Crippen molar-refractivity contribution in [2.24, 2.45) is 11.8 Å². The Morgan fingerprint density at radius 1 is 0.920 bits per heavy atom. The molecule has 19 heteroatoms. The van der Waals surface area contributed by atoms with Gasteiger partial charge in [0.25, 0.3) is 11.5 Å². The van der Waals surface area contributed by atoms with Crippen LogP contribution in [-0.2, 0) is 19.1 Å². The Hall–Kier alpha value is -7.12. The molecule has 2 saturated heterocycles. The minimum Gasteiger partial charge on any atom is -0.507 e. The number of hydrogen-bond donors (Lipinski definition) is 5. The summed E-state index contributed by atoms with van der Waals surface area (Å²) in [5.74, 6) is -5.95. The zero-order chi connectivity index (χ0) is 53.6. The number of halogens is 1. The van der Waals surface area contributed by atoms with Crippen LogP contribution in [0.25, 0.3) is 5.52 Å². The molecule has 5 bridgehead atoms. The van der Waals surface area contributed by atoms with Gasteiger partial charge in [0, 0.05) is 56.7 Å². The minimum absolute atomic E-state index is 0.00644. The van der Waals surface area contributed by atoms with Gasteiger partial charge in [0.05, 0.1) is 46.5 Å². The smallest absolute Gasteiger partial charge is 0.341 e. The van der Waals surface area contributed by atoms with Gasteiger partial charge in [0.15, 0.2) is 5.82 Å². The van der Waals surface area contributed by atoms with Gasteiger partial charge >= 0.3 is 18.2 Å². The van der Waals surface area contributed by atoms with Crippen LogP contribution in [0.4, 0.5) is 10.1 Å². The zero-order valence-electron chi connectivity index (χ0n) is 42.8. The number of piperidine rings is 1. The number of nitrogens with one attached hydrogen (secondary N) is 2. The number of amides is 1. The average Bonchev–Trinajstić information content (AvgIpc) is 4.05. The maximum atomic E-state index is 16.0. The Labute approximate surface area is 432 Å². The Balaban J connectivity index is 0.943. The number of aryl methyl sites for hydroxylation is 1. The molecule has 0 radical (unpaired) electrons. The second kappa shape index (κ2) is 21.6.